The number of carbonyl (C=O) groups excluding carboxylic acids is 1. The zero-order chi connectivity index (χ0) is 19.8. The Balaban J connectivity index is 1.51. The lowest BCUT2D eigenvalue weighted by atomic mass is 10.2. The van der Waals surface area contributed by atoms with Crippen LogP contribution in [0.5, 0.6) is 5.75 Å². The summed E-state index contributed by atoms with van der Waals surface area (Å²) < 4.78 is 10.7. The molecule has 0 aliphatic rings. The number of nitrogens with zero attached hydrogens (tertiary/aromatic N) is 3. The third kappa shape index (κ3) is 5.56. The van der Waals surface area contributed by atoms with E-state index in [9.17, 15) is 4.79 Å². The van der Waals surface area contributed by atoms with Crippen LogP contribution in [0, 0.1) is 0 Å². The number of hydrogen-bond acceptors (Lipinski definition) is 7. The van der Waals surface area contributed by atoms with Crippen LogP contribution >= 0.6 is 11.8 Å². The van der Waals surface area contributed by atoms with E-state index in [1.807, 2.05) is 43.3 Å². The number of nitrogens with one attached hydrogen (secondary N) is 1. The Hall–Kier alpha value is -2.87. The summed E-state index contributed by atoms with van der Waals surface area (Å²) in [6.07, 6.45) is 2.27. The van der Waals surface area contributed by atoms with E-state index < -0.39 is 0 Å². The van der Waals surface area contributed by atoms with Crippen LogP contribution in [0.1, 0.15) is 26.2 Å². The molecule has 1 amide bonds. The Morgan fingerprint density at radius 1 is 1.18 bits per heavy atom. The molecule has 0 saturated carbocycles. The molecule has 0 fully saturated rings. The Morgan fingerprint density at radius 2 is 2.00 bits per heavy atom. The fourth-order valence-corrected chi connectivity index (χ4v) is 3.06. The number of amides is 1. The van der Waals surface area contributed by atoms with E-state index in [1.54, 1.807) is 18.0 Å². The van der Waals surface area contributed by atoms with Crippen molar-refractivity contribution in [2.24, 2.45) is 0 Å². The number of aromatic nitrogens is 3. The van der Waals surface area contributed by atoms with Crippen molar-refractivity contribution in [3.05, 3.63) is 48.5 Å². The highest BCUT2D eigenvalue weighted by molar-refractivity contribution is 7.99. The molecule has 7 nitrogen and oxygen atoms in total. The maximum absolute atomic E-state index is 12.1. The summed E-state index contributed by atoms with van der Waals surface area (Å²) in [4.78, 5) is 20.8. The number of hydrogen-bond donors (Lipinski definition) is 1. The van der Waals surface area contributed by atoms with Gasteiger partial charge in [0, 0.05) is 18.4 Å². The molecular formula is C20H22N4O3S. The fourth-order valence-electron chi connectivity index (χ4n) is 2.47. The van der Waals surface area contributed by atoms with Gasteiger partial charge in [-0.2, -0.15) is 4.98 Å². The van der Waals surface area contributed by atoms with E-state index in [0.717, 1.165) is 22.1 Å². The summed E-state index contributed by atoms with van der Waals surface area (Å²) in [5, 5.41) is 7.74. The Labute approximate surface area is 167 Å². The summed E-state index contributed by atoms with van der Waals surface area (Å²) >= 11 is 1.66. The van der Waals surface area contributed by atoms with Gasteiger partial charge in [0.15, 0.2) is 0 Å². The molecule has 0 radical (unpaired) electrons. The van der Waals surface area contributed by atoms with Gasteiger partial charge in [-0.3, -0.25) is 4.79 Å². The number of anilines is 1. The van der Waals surface area contributed by atoms with Crippen LogP contribution in [0.3, 0.4) is 0 Å². The van der Waals surface area contributed by atoms with Gasteiger partial charge in [-0.25, -0.2) is 4.98 Å². The predicted molar refractivity (Wildman–Crippen MR) is 108 cm³/mol. The normalized spacial score (nSPS) is 10.6. The molecule has 0 unspecified atom stereocenters. The highest BCUT2D eigenvalue weighted by atomic mass is 32.2. The predicted octanol–water partition coefficient (Wildman–Crippen LogP) is 4.21. The monoisotopic (exact) mass is 398 g/mol. The van der Waals surface area contributed by atoms with E-state index in [2.05, 4.69) is 27.4 Å². The largest absolute Gasteiger partial charge is 0.494 e. The van der Waals surface area contributed by atoms with Gasteiger partial charge in [0.05, 0.1) is 23.5 Å². The quantitative estimate of drug-likeness (QED) is 0.540. The molecule has 2 heterocycles. The van der Waals surface area contributed by atoms with Crippen molar-refractivity contribution in [1.82, 2.24) is 15.1 Å². The average Bonchev–Trinajstić information content (AvgIpc) is 3.18. The van der Waals surface area contributed by atoms with Crippen molar-refractivity contribution < 1.29 is 14.1 Å². The number of benzene rings is 1. The molecule has 1 aromatic carbocycles. The number of thioether (sulfide) groups is 1. The van der Waals surface area contributed by atoms with E-state index in [0.29, 0.717) is 30.4 Å². The van der Waals surface area contributed by atoms with E-state index in [4.69, 9.17) is 9.26 Å². The molecule has 3 aromatic rings. The third-order valence-corrected chi connectivity index (χ3v) is 4.60. The molecule has 146 valence electrons. The number of pyridine rings is 1. The van der Waals surface area contributed by atoms with E-state index >= 15 is 0 Å². The highest BCUT2D eigenvalue weighted by Gasteiger charge is 2.11. The first-order valence-corrected chi connectivity index (χ1v) is 10.1. The minimum atomic E-state index is -0.126. The zero-order valence-electron chi connectivity index (χ0n) is 15.8. The second-order valence-corrected chi connectivity index (χ2v) is 7.12. The third-order valence-electron chi connectivity index (χ3n) is 3.77. The molecule has 0 spiro atoms. The van der Waals surface area contributed by atoms with Crippen LogP contribution in [0.15, 0.2) is 52.1 Å². The van der Waals surface area contributed by atoms with Crippen LogP contribution in [-0.2, 0) is 11.2 Å². The molecule has 0 atom stereocenters. The topological polar surface area (TPSA) is 90.1 Å². The Bertz CT molecular complexity index is 895. The van der Waals surface area contributed by atoms with Crippen molar-refractivity contribution >= 4 is 23.4 Å². The minimum absolute atomic E-state index is 0.126. The van der Waals surface area contributed by atoms with Crippen LogP contribution in [0.25, 0.3) is 11.4 Å². The second kappa shape index (κ2) is 9.89. The van der Waals surface area contributed by atoms with Crippen molar-refractivity contribution in [3.63, 3.8) is 0 Å². The zero-order valence-corrected chi connectivity index (χ0v) is 16.7. The highest BCUT2D eigenvalue weighted by Crippen LogP contribution is 2.20. The summed E-state index contributed by atoms with van der Waals surface area (Å²) in [5.74, 6) is 2.54. The van der Waals surface area contributed by atoms with Gasteiger partial charge >= 0.3 is 0 Å². The maximum atomic E-state index is 12.1. The second-order valence-electron chi connectivity index (χ2n) is 5.84. The van der Waals surface area contributed by atoms with Crippen molar-refractivity contribution in [2.75, 3.05) is 17.7 Å². The fraction of sp³-hybridized carbons (Fsp3) is 0.300. The Kier molecular flexibility index (Phi) is 7.02. The first kappa shape index (κ1) is 19.9. The molecule has 1 N–H and O–H groups in total. The van der Waals surface area contributed by atoms with Crippen molar-refractivity contribution in [1.29, 1.82) is 0 Å². The smallest absolute Gasteiger partial charge is 0.227 e. The first-order valence-electron chi connectivity index (χ1n) is 9.12. The molecule has 28 heavy (non-hydrogen) atoms. The Morgan fingerprint density at radius 3 is 2.68 bits per heavy atom. The lowest BCUT2D eigenvalue weighted by molar-refractivity contribution is -0.116. The van der Waals surface area contributed by atoms with Crippen LogP contribution in [0.2, 0.25) is 0 Å². The summed E-state index contributed by atoms with van der Waals surface area (Å²) in [6.45, 7) is 4.62. The van der Waals surface area contributed by atoms with Gasteiger partial charge in [-0.05, 0) is 49.1 Å². The average molecular weight is 398 g/mol. The standard InChI is InChI=1S/C20H22N4O3S/c1-3-26-16-8-5-14(6-9-16)20-23-18(27-24-20)11-10-17(25)22-15-7-12-19(21-13-15)28-4-2/h5-9,12-13H,3-4,10-11H2,1-2H3,(H,22,25). The van der Waals surface area contributed by atoms with Gasteiger partial charge in [-0.15, -0.1) is 11.8 Å². The lowest BCUT2D eigenvalue weighted by Crippen LogP contribution is -2.12. The molecule has 0 aliphatic heterocycles. The molecule has 0 bridgehead atoms. The van der Waals surface area contributed by atoms with Crippen LogP contribution in [0.4, 0.5) is 5.69 Å². The maximum Gasteiger partial charge on any atom is 0.227 e. The van der Waals surface area contributed by atoms with Gasteiger partial charge in [-0.1, -0.05) is 12.1 Å². The van der Waals surface area contributed by atoms with Gasteiger partial charge < -0.3 is 14.6 Å². The molecular weight excluding hydrogens is 376 g/mol. The van der Waals surface area contributed by atoms with E-state index in [1.165, 1.54) is 0 Å². The number of aryl methyl sites for hydroxylation is 1. The SMILES string of the molecule is CCOc1ccc(-c2noc(CCC(=O)Nc3ccc(SCC)nc3)n2)cc1. The van der Waals surface area contributed by atoms with Gasteiger partial charge in [0.25, 0.3) is 0 Å². The molecule has 0 aliphatic carbocycles. The first-order chi connectivity index (χ1) is 13.7. The summed E-state index contributed by atoms with van der Waals surface area (Å²) in [5.41, 5.74) is 1.50. The molecule has 0 saturated heterocycles. The molecule has 3 rings (SSSR count). The van der Waals surface area contributed by atoms with Gasteiger partial charge in [0.1, 0.15) is 5.75 Å². The van der Waals surface area contributed by atoms with Crippen LogP contribution in [-0.4, -0.2) is 33.4 Å². The molecule has 2 aromatic heterocycles. The number of rotatable bonds is 9. The summed E-state index contributed by atoms with van der Waals surface area (Å²) in [6, 6.07) is 11.2. The van der Waals surface area contributed by atoms with E-state index in [-0.39, 0.29) is 12.3 Å². The summed E-state index contributed by atoms with van der Waals surface area (Å²) in [7, 11) is 0. The number of carbonyl (C=O) groups is 1. The van der Waals surface area contributed by atoms with Crippen LogP contribution < -0.4 is 10.1 Å². The van der Waals surface area contributed by atoms with Crippen molar-refractivity contribution in [3.8, 4) is 17.1 Å². The molecule has 8 heteroatoms. The number of ether oxygens (including phenoxy) is 1. The minimum Gasteiger partial charge on any atom is -0.494 e. The van der Waals surface area contributed by atoms with Crippen molar-refractivity contribution in [2.45, 2.75) is 31.7 Å². The van der Waals surface area contributed by atoms with Gasteiger partial charge in [0.2, 0.25) is 17.6 Å². The lowest BCUT2D eigenvalue weighted by Gasteiger charge is -2.04.